The van der Waals surface area contributed by atoms with Crippen LogP contribution in [0.3, 0.4) is 0 Å². The van der Waals surface area contributed by atoms with Gasteiger partial charge in [-0.05, 0) is 32.2 Å². The molecule has 0 aliphatic carbocycles. The largest absolute Gasteiger partial charge is 0.385 e. The number of ether oxygens (including phenoxy) is 2. The molecule has 1 rings (SSSR count). The van der Waals surface area contributed by atoms with Crippen molar-refractivity contribution in [1.82, 2.24) is 5.32 Å². The maximum atomic E-state index is 5.34. The predicted octanol–water partition coefficient (Wildman–Crippen LogP) is 1.04. The fourth-order valence-corrected chi connectivity index (χ4v) is 1.66. The third-order valence-corrected chi connectivity index (χ3v) is 2.66. The van der Waals surface area contributed by atoms with Gasteiger partial charge in [-0.1, -0.05) is 0 Å². The molecule has 2 atom stereocenters. The highest BCUT2D eigenvalue weighted by atomic mass is 16.5. The first-order valence-electron chi connectivity index (χ1n) is 5.14. The molecule has 0 aromatic carbocycles. The zero-order valence-electron chi connectivity index (χ0n) is 8.71. The lowest BCUT2D eigenvalue weighted by Crippen LogP contribution is -2.34. The van der Waals surface area contributed by atoms with Gasteiger partial charge in [-0.15, -0.1) is 0 Å². The van der Waals surface area contributed by atoms with Crippen LogP contribution in [0.5, 0.6) is 0 Å². The second-order valence-corrected chi connectivity index (χ2v) is 3.71. The topological polar surface area (TPSA) is 30.5 Å². The van der Waals surface area contributed by atoms with E-state index in [0.717, 1.165) is 32.8 Å². The van der Waals surface area contributed by atoms with Crippen molar-refractivity contribution in [3.63, 3.8) is 0 Å². The van der Waals surface area contributed by atoms with Crippen LogP contribution < -0.4 is 5.32 Å². The monoisotopic (exact) mass is 187 g/mol. The Hall–Kier alpha value is -0.120. The summed E-state index contributed by atoms with van der Waals surface area (Å²) in [4.78, 5) is 0. The first kappa shape index (κ1) is 11.0. The van der Waals surface area contributed by atoms with Gasteiger partial charge in [0.25, 0.3) is 0 Å². The van der Waals surface area contributed by atoms with Crippen LogP contribution >= 0.6 is 0 Å². The van der Waals surface area contributed by atoms with E-state index in [0.29, 0.717) is 12.0 Å². The van der Waals surface area contributed by atoms with E-state index in [4.69, 9.17) is 9.47 Å². The van der Waals surface area contributed by atoms with E-state index in [2.05, 4.69) is 12.2 Å². The Morgan fingerprint density at radius 2 is 2.46 bits per heavy atom. The highest BCUT2D eigenvalue weighted by molar-refractivity contribution is 4.75. The van der Waals surface area contributed by atoms with Gasteiger partial charge in [-0.2, -0.15) is 0 Å². The van der Waals surface area contributed by atoms with E-state index in [1.807, 2.05) is 0 Å². The van der Waals surface area contributed by atoms with Crippen LogP contribution in [0.4, 0.5) is 0 Å². The smallest absolute Gasteiger partial charge is 0.0509 e. The van der Waals surface area contributed by atoms with Crippen molar-refractivity contribution in [1.29, 1.82) is 0 Å². The zero-order chi connectivity index (χ0) is 9.52. The van der Waals surface area contributed by atoms with Crippen LogP contribution in [0.2, 0.25) is 0 Å². The Morgan fingerprint density at radius 3 is 3.08 bits per heavy atom. The Morgan fingerprint density at radius 1 is 1.62 bits per heavy atom. The van der Waals surface area contributed by atoms with Crippen molar-refractivity contribution in [3.05, 3.63) is 0 Å². The highest BCUT2D eigenvalue weighted by Crippen LogP contribution is 2.15. The number of methoxy groups -OCH3 is 1. The summed E-state index contributed by atoms with van der Waals surface area (Å²) in [7, 11) is 1.74. The molecule has 1 saturated heterocycles. The molecule has 3 heteroatoms. The van der Waals surface area contributed by atoms with E-state index in [1.54, 1.807) is 7.11 Å². The molecule has 78 valence electrons. The fourth-order valence-electron chi connectivity index (χ4n) is 1.66. The summed E-state index contributed by atoms with van der Waals surface area (Å²) < 4.78 is 10.3. The quantitative estimate of drug-likeness (QED) is 0.630. The molecule has 0 saturated carbocycles. The molecule has 0 bridgehead atoms. The van der Waals surface area contributed by atoms with Crippen molar-refractivity contribution < 1.29 is 9.47 Å². The van der Waals surface area contributed by atoms with Crippen LogP contribution in [-0.4, -0.2) is 39.5 Å². The normalized spacial score (nSPS) is 24.9. The highest BCUT2D eigenvalue weighted by Gasteiger charge is 2.21. The summed E-state index contributed by atoms with van der Waals surface area (Å²) in [6.45, 7) is 6.01. The lowest BCUT2D eigenvalue weighted by molar-refractivity contribution is 0.175. The van der Waals surface area contributed by atoms with Crippen molar-refractivity contribution >= 4 is 0 Å². The molecule has 13 heavy (non-hydrogen) atoms. The average molecular weight is 187 g/mol. The molecule has 1 aliphatic heterocycles. The third kappa shape index (κ3) is 4.07. The first-order valence-corrected chi connectivity index (χ1v) is 5.14. The zero-order valence-corrected chi connectivity index (χ0v) is 8.71. The molecule has 2 unspecified atom stereocenters. The van der Waals surface area contributed by atoms with Gasteiger partial charge >= 0.3 is 0 Å². The molecule has 1 heterocycles. The van der Waals surface area contributed by atoms with Gasteiger partial charge in [0.05, 0.1) is 6.61 Å². The summed E-state index contributed by atoms with van der Waals surface area (Å²) >= 11 is 0. The standard InChI is InChI=1S/C10H21NO2/c1-9(10-4-7-13-8-10)11-5-3-6-12-2/h9-11H,3-8H2,1-2H3. The van der Waals surface area contributed by atoms with Crippen LogP contribution in [0.1, 0.15) is 19.8 Å². The van der Waals surface area contributed by atoms with E-state index >= 15 is 0 Å². The SMILES string of the molecule is COCCCNC(C)C1CCOC1. The molecule has 0 aromatic rings. The van der Waals surface area contributed by atoms with Crippen LogP contribution in [-0.2, 0) is 9.47 Å². The Bertz CT molecular complexity index is 124. The summed E-state index contributed by atoms with van der Waals surface area (Å²) in [5.41, 5.74) is 0. The number of rotatable bonds is 6. The van der Waals surface area contributed by atoms with E-state index in [1.165, 1.54) is 6.42 Å². The van der Waals surface area contributed by atoms with Gasteiger partial charge in [0.1, 0.15) is 0 Å². The molecule has 0 radical (unpaired) electrons. The van der Waals surface area contributed by atoms with Gasteiger partial charge < -0.3 is 14.8 Å². The summed E-state index contributed by atoms with van der Waals surface area (Å²) in [5, 5.41) is 3.50. The minimum Gasteiger partial charge on any atom is -0.385 e. The number of hydrogen-bond donors (Lipinski definition) is 1. The van der Waals surface area contributed by atoms with Crippen molar-refractivity contribution in [2.75, 3.05) is 33.5 Å². The maximum absolute atomic E-state index is 5.34. The molecule has 0 spiro atoms. The molecule has 1 N–H and O–H groups in total. The number of hydrogen-bond acceptors (Lipinski definition) is 3. The van der Waals surface area contributed by atoms with Gasteiger partial charge in [-0.3, -0.25) is 0 Å². The molecular weight excluding hydrogens is 166 g/mol. The molecule has 0 aromatic heterocycles. The lowest BCUT2D eigenvalue weighted by Gasteiger charge is -2.18. The summed E-state index contributed by atoms with van der Waals surface area (Å²) in [5.74, 6) is 0.711. The van der Waals surface area contributed by atoms with Gasteiger partial charge in [0.2, 0.25) is 0 Å². The lowest BCUT2D eigenvalue weighted by atomic mass is 10.0. The van der Waals surface area contributed by atoms with E-state index in [-0.39, 0.29) is 0 Å². The Balaban J connectivity index is 1.99. The molecule has 0 amide bonds. The minimum atomic E-state index is 0.583. The summed E-state index contributed by atoms with van der Waals surface area (Å²) in [6, 6.07) is 0.583. The van der Waals surface area contributed by atoms with Crippen molar-refractivity contribution in [3.8, 4) is 0 Å². The molecule has 1 fully saturated rings. The Kier molecular flexibility index (Phi) is 5.35. The number of nitrogens with one attached hydrogen (secondary N) is 1. The third-order valence-electron chi connectivity index (χ3n) is 2.66. The first-order chi connectivity index (χ1) is 6.34. The fraction of sp³-hybridized carbons (Fsp3) is 1.00. The Labute approximate surface area is 80.8 Å². The maximum Gasteiger partial charge on any atom is 0.0509 e. The van der Waals surface area contributed by atoms with Crippen LogP contribution in [0.15, 0.2) is 0 Å². The second kappa shape index (κ2) is 6.35. The van der Waals surface area contributed by atoms with Crippen molar-refractivity contribution in [2.45, 2.75) is 25.8 Å². The second-order valence-electron chi connectivity index (χ2n) is 3.71. The molecule has 1 aliphatic rings. The summed E-state index contributed by atoms with van der Waals surface area (Å²) in [6.07, 6.45) is 2.30. The van der Waals surface area contributed by atoms with Gasteiger partial charge in [-0.25, -0.2) is 0 Å². The van der Waals surface area contributed by atoms with E-state index < -0.39 is 0 Å². The minimum absolute atomic E-state index is 0.583. The molecular formula is C10H21NO2. The predicted molar refractivity (Wildman–Crippen MR) is 52.9 cm³/mol. The average Bonchev–Trinajstić information content (AvgIpc) is 2.65. The van der Waals surface area contributed by atoms with E-state index in [9.17, 15) is 0 Å². The van der Waals surface area contributed by atoms with Gasteiger partial charge in [0.15, 0.2) is 0 Å². The molecule has 3 nitrogen and oxygen atoms in total. The van der Waals surface area contributed by atoms with Gasteiger partial charge in [0, 0.05) is 26.4 Å². The van der Waals surface area contributed by atoms with Crippen molar-refractivity contribution in [2.24, 2.45) is 5.92 Å². The van der Waals surface area contributed by atoms with Crippen LogP contribution in [0.25, 0.3) is 0 Å². The van der Waals surface area contributed by atoms with Crippen LogP contribution in [0, 0.1) is 5.92 Å².